The van der Waals surface area contributed by atoms with E-state index >= 15 is 0 Å². The lowest BCUT2D eigenvalue weighted by Gasteiger charge is -2.24. The predicted octanol–water partition coefficient (Wildman–Crippen LogP) is 2.66. The number of fused-ring (bicyclic) bond motifs is 1. The fourth-order valence-electron chi connectivity index (χ4n) is 2.22. The molecule has 1 aromatic heterocycles. The van der Waals surface area contributed by atoms with Crippen molar-refractivity contribution in [2.75, 3.05) is 0 Å². The summed E-state index contributed by atoms with van der Waals surface area (Å²) in [7, 11) is 0. The lowest BCUT2D eigenvalue weighted by Crippen LogP contribution is -2.27. The summed E-state index contributed by atoms with van der Waals surface area (Å²) in [5.41, 5.74) is 1.59. The second-order valence-corrected chi connectivity index (χ2v) is 5.07. The van der Waals surface area contributed by atoms with Gasteiger partial charge in [-0.3, -0.25) is 0 Å². The van der Waals surface area contributed by atoms with Gasteiger partial charge in [-0.05, 0) is 38.5 Å². The molecule has 0 radical (unpaired) electrons. The number of rotatable bonds is 4. The first-order valence-corrected chi connectivity index (χ1v) is 6.05. The Morgan fingerprint density at radius 3 is 2.78 bits per heavy atom. The van der Waals surface area contributed by atoms with E-state index in [2.05, 4.69) is 31.1 Å². The monoisotopic (exact) mass is 247 g/mol. The maximum absolute atomic E-state index is 11.0. The molecule has 0 saturated carbocycles. The van der Waals surface area contributed by atoms with Gasteiger partial charge < -0.3 is 5.11 Å². The van der Waals surface area contributed by atoms with E-state index in [4.69, 9.17) is 5.11 Å². The highest BCUT2D eigenvalue weighted by Crippen LogP contribution is 2.25. The van der Waals surface area contributed by atoms with Crippen molar-refractivity contribution in [1.82, 2.24) is 15.0 Å². The van der Waals surface area contributed by atoms with Gasteiger partial charge in [0.25, 0.3) is 0 Å². The van der Waals surface area contributed by atoms with Crippen molar-refractivity contribution in [2.24, 2.45) is 0 Å². The van der Waals surface area contributed by atoms with Gasteiger partial charge in [0.05, 0.1) is 16.6 Å². The van der Waals surface area contributed by atoms with Gasteiger partial charge in [0.2, 0.25) is 0 Å². The average molecular weight is 247 g/mol. The van der Waals surface area contributed by atoms with Gasteiger partial charge >= 0.3 is 5.97 Å². The van der Waals surface area contributed by atoms with Crippen molar-refractivity contribution in [3.63, 3.8) is 0 Å². The number of hydrogen-bond donors (Lipinski definition) is 1. The average Bonchev–Trinajstić information content (AvgIpc) is 2.71. The smallest absolute Gasteiger partial charge is 0.335 e. The first kappa shape index (κ1) is 12.5. The summed E-state index contributed by atoms with van der Waals surface area (Å²) in [5, 5.41) is 17.3. The molecule has 18 heavy (non-hydrogen) atoms. The van der Waals surface area contributed by atoms with Gasteiger partial charge in [-0.15, -0.1) is 5.10 Å². The van der Waals surface area contributed by atoms with Crippen LogP contribution in [0, 0.1) is 0 Å². The standard InChI is InChI=1S/C13H17N3O2/c1-4-7-13(2,3)16-11-8-9(12(17)18)5-6-10(11)14-15-16/h5-6,8H,4,7H2,1-3H3,(H,17,18). The van der Waals surface area contributed by atoms with Crippen LogP contribution in [0.2, 0.25) is 0 Å². The number of carboxylic acids is 1. The molecule has 0 unspecified atom stereocenters. The minimum atomic E-state index is -0.932. The summed E-state index contributed by atoms with van der Waals surface area (Å²) in [6.07, 6.45) is 2.00. The molecule has 1 aromatic carbocycles. The van der Waals surface area contributed by atoms with Gasteiger partial charge in [-0.2, -0.15) is 0 Å². The van der Waals surface area contributed by atoms with Crippen molar-refractivity contribution in [3.8, 4) is 0 Å². The topological polar surface area (TPSA) is 68.0 Å². The molecule has 5 heteroatoms. The summed E-state index contributed by atoms with van der Waals surface area (Å²) in [6, 6.07) is 4.88. The quantitative estimate of drug-likeness (QED) is 0.901. The summed E-state index contributed by atoms with van der Waals surface area (Å²) in [6.45, 7) is 6.28. The first-order chi connectivity index (χ1) is 8.45. The van der Waals surface area contributed by atoms with E-state index in [-0.39, 0.29) is 11.1 Å². The van der Waals surface area contributed by atoms with Crippen LogP contribution in [0.25, 0.3) is 11.0 Å². The van der Waals surface area contributed by atoms with Crippen molar-refractivity contribution in [2.45, 2.75) is 39.2 Å². The minimum Gasteiger partial charge on any atom is -0.478 e. The molecule has 0 amide bonds. The van der Waals surface area contributed by atoms with E-state index in [0.29, 0.717) is 0 Å². The van der Waals surface area contributed by atoms with E-state index in [1.807, 2.05) is 4.68 Å². The van der Waals surface area contributed by atoms with Crippen molar-refractivity contribution >= 4 is 17.0 Å². The zero-order chi connectivity index (χ0) is 13.3. The van der Waals surface area contributed by atoms with Gasteiger partial charge in [0, 0.05) is 0 Å². The highest BCUT2D eigenvalue weighted by Gasteiger charge is 2.23. The molecule has 0 aliphatic carbocycles. The van der Waals surface area contributed by atoms with Gasteiger partial charge in [-0.1, -0.05) is 18.6 Å². The Bertz CT molecular complexity index is 587. The van der Waals surface area contributed by atoms with Crippen LogP contribution in [0.15, 0.2) is 18.2 Å². The highest BCUT2D eigenvalue weighted by atomic mass is 16.4. The molecule has 0 fully saturated rings. The van der Waals surface area contributed by atoms with Crippen LogP contribution in [0.4, 0.5) is 0 Å². The van der Waals surface area contributed by atoms with Crippen LogP contribution in [-0.2, 0) is 5.54 Å². The SMILES string of the molecule is CCCC(C)(C)n1nnc2ccc(C(=O)O)cc21. The number of benzene rings is 1. The summed E-state index contributed by atoms with van der Waals surface area (Å²) < 4.78 is 1.82. The van der Waals surface area contributed by atoms with E-state index in [9.17, 15) is 4.79 Å². The third kappa shape index (κ3) is 2.08. The summed E-state index contributed by atoms with van der Waals surface area (Å²) in [5.74, 6) is -0.932. The van der Waals surface area contributed by atoms with E-state index in [0.717, 1.165) is 23.9 Å². The maximum Gasteiger partial charge on any atom is 0.335 e. The molecule has 0 spiro atoms. The molecule has 1 heterocycles. The Kier molecular flexibility index (Phi) is 3.07. The third-order valence-corrected chi connectivity index (χ3v) is 3.13. The molecular formula is C13H17N3O2. The fraction of sp³-hybridized carbons (Fsp3) is 0.462. The van der Waals surface area contributed by atoms with Gasteiger partial charge in [0.1, 0.15) is 5.52 Å². The molecule has 0 atom stereocenters. The molecule has 0 bridgehead atoms. The molecular weight excluding hydrogens is 230 g/mol. The number of aromatic carboxylic acids is 1. The molecule has 0 aliphatic rings. The zero-order valence-corrected chi connectivity index (χ0v) is 10.8. The second-order valence-electron chi connectivity index (χ2n) is 5.07. The lowest BCUT2D eigenvalue weighted by atomic mass is 9.99. The van der Waals surface area contributed by atoms with Crippen molar-refractivity contribution in [3.05, 3.63) is 23.8 Å². The summed E-state index contributed by atoms with van der Waals surface area (Å²) in [4.78, 5) is 11.0. The number of carbonyl (C=O) groups is 1. The van der Waals surface area contributed by atoms with E-state index in [1.165, 1.54) is 0 Å². The van der Waals surface area contributed by atoms with E-state index in [1.54, 1.807) is 18.2 Å². The lowest BCUT2D eigenvalue weighted by molar-refractivity contribution is 0.0697. The first-order valence-electron chi connectivity index (χ1n) is 6.05. The zero-order valence-electron chi connectivity index (χ0n) is 10.8. The molecule has 0 saturated heterocycles. The molecule has 2 aromatic rings. The molecule has 1 N–H and O–H groups in total. The van der Waals surface area contributed by atoms with Gasteiger partial charge in [-0.25, -0.2) is 9.48 Å². The van der Waals surface area contributed by atoms with E-state index < -0.39 is 5.97 Å². The fourth-order valence-corrected chi connectivity index (χ4v) is 2.22. The number of aromatic nitrogens is 3. The number of carboxylic acid groups (broad SMARTS) is 1. The maximum atomic E-state index is 11.0. The predicted molar refractivity (Wildman–Crippen MR) is 68.7 cm³/mol. The Hall–Kier alpha value is -1.91. The highest BCUT2D eigenvalue weighted by molar-refractivity contribution is 5.92. The molecule has 0 aliphatic heterocycles. The van der Waals surface area contributed by atoms with Crippen LogP contribution < -0.4 is 0 Å². The second kappa shape index (κ2) is 4.40. The Labute approximate surface area is 105 Å². The Balaban J connectivity index is 2.58. The van der Waals surface area contributed by atoms with Crippen LogP contribution in [0.3, 0.4) is 0 Å². The van der Waals surface area contributed by atoms with Crippen LogP contribution in [0.5, 0.6) is 0 Å². The summed E-state index contributed by atoms with van der Waals surface area (Å²) >= 11 is 0. The van der Waals surface area contributed by atoms with Crippen LogP contribution >= 0.6 is 0 Å². The normalized spacial score (nSPS) is 11.9. The van der Waals surface area contributed by atoms with Crippen molar-refractivity contribution in [1.29, 1.82) is 0 Å². The van der Waals surface area contributed by atoms with Crippen LogP contribution in [-0.4, -0.2) is 26.1 Å². The van der Waals surface area contributed by atoms with Crippen LogP contribution in [0.1, 0.15) is 44.0 Å². The van der Waals surface area contributed by atoms with Crippen molar-refractivity contribution < 1.29 is 9.90 Å². The van der Waals surface area contributed by atoms with Gasteiger partial charge in [0.15, 0.2) is 0 Å². The Morgan fingerprint density at radius 1 is 1.44 bits per heavy atom. The Morgan fingerprint density at radius 2 is 2.17 bits per heavy atom. The molecule has 5 nitrogen and oxygen atoms in total. The third-order valence-electron chi connectivity index (χ3n) is 3.13. The number of nitrogens with zero attached hydrogens (tertiary/aromatic N) is 3. The largest absolute Gasteiger partial charge is 0.478 e. The molecule has 2 rings (SSSR count). The molecule has 96 valence electrons. The number of hydrogen-bond acceptors (Lipinski definition) is 3. The minimum absolute atomic E-state index is 0.166.